The summed E-state index contributed by atoms with van der Waals surface area (Å²) >= 11 is 0. The van der Waals surface area contributed by atoms with Gasteiger partial charge in [-0.25, -0.2) is 4.79 Å². The fourth-order valence-electron chi connectivity index (χ4n) is 3.15. The molecule has 2 atom stereocenters. The number of urea groups is 1. The molecule has 0 aromatic rings. The smallest absolute Gasteiger partial charge is 0.317 e. The van der Waals surface area contributed by atoms with Crippen LogP contribution < -0.4 is 16.4 Å². The highest BCUT2D eigenvalue weighted by Crippen LogP contribution is 2.20. The lowest BCUT2D eigenvalue weighted by Gasteiger charge is -2.33. The van der Waals surface area contributed by atoms with Crippen LogP contribution in [0, 0.1) is 17.8 Å². The van der Waals surface area contributed by atoms with Crippen LogP contribution in [0.1, 0.15) is 53.4 Å². The molecule has 2 unspecified atom stereocenters. The summed E-state index contributed by atoms with van der Waals surface area (Å²) in [4.78, 5) is 26.3. The number of hydrogen-bond donors (Lipinski definition) is 3. The quantitative estimate of drug-likeness (QED) is 0.631. The van der Waals surface area contributed by atoms with Crippen molar-refractivity contribution in [3.63, 3.8) is 0 Å². The number of amides is 3. The summed E-state index contributed by atoms with van der Waals surface area (Å²) in [7, 11) is 0. The molecule has 0 bridgehead atoms. The van der Waals surface area contributed by atoms with E-state index in [9.17, 15) is 9.59 Å². The molecule has 0 aliphatic carbocycles. The van der Waals surface area contributed by atoms with Crippen molar-refractivity contribution in [1.82, 2.24) is 15.5 Å². The fraction of sp³-hybridized carbons (Fsp3) is 0.889. The summed E-state index contributed by atoms with van der Waals surface area (Å²) in [5.74, 6) is 1.24. The lowest BCUT2D eigenvalue weighted by molar-refractivity contribution is -0.123. The van der Waals surface area contributed by atoms with E-state index in [0.717, 1.165) is 25.8 Å². The van der Waals surface area contributed by atoms with Gasteiger partial charge < -0.3 is 21.3 Å². The zero-order chi connectivity index (χ0) is 18.1. The summed E-state index contributed by atoms with van der Waals surface area (Å²) < 4.78 is 0. The van der Waals surface area contributed by atoms with Crippen molar-refractivity contribution in [3.05, 3.63) is 0 Å². The Morgan fingerprint density at radius 1 is 1.21 bits per heavy atom. The van der Waals surface area contributed by atoms with Crippen LogP contribution in [0.25, 0.3) is 0 Å². The normalized spacial score (nSPS) is 19.5. The minimum Gasteiger partial charge on any atom is -0.352 e. The third-order valence-corrected chi connectivity index (χ3v) is 4.35. The molecule has 1 rings (SSSR count). The SMILES string of the molecule is CC(C)CNC(=O)N1CCCC(CC(=O)NC(CN)CC(C)C)C1. The molecule has 6 heteroatoms. The maximum absolute atomic E-state index is 12.3. The summed E-state index contributed by atoms with van der Waals surface area (Å²) in [6, 6.07) is 0.0417. The van der Waals surface area contributed by atoms with Crippen LogP contribution >= 0.6 is 0 Å². The lowest BCUT2D eigenvalue weighted by atomic mass is 9.94. The highest BCUT2D eigenvalue weighted by Gasteiger charge is 2.26. The fourth-order valence-corrected chi connectivity index (χ4v) is 3.15. The molecular weight excluding hydrogens is 304 g/mol. The first-order chi connectivity index (χ1) is 11.3. The molecule has 0 aromatic heterocycles. The monoisotopic (exact) mass is 340 g/mol. The van der Waals surface area contributed by atoms with Gasteiger partial charge in [-0.15, -0.1) is 0 Å². The van der Waals surface area contributed by atoms with E-state index >= 15 is 0 Å². The van der Waals surface area contributed by atoms with Crippen molar-refractivity contribution in [2.45, 2.75) is 59.4 Å². The van der Waals surface area contributed by atoms with E-state index in [0.29, 0.717) is 37.9 Å². The Balaban J connectivity index is 2.41. The van der Waals surface area contributed by atoms with E-state index in [1.54, 1.807) is 0 Å². The summed E-state index contributed by atoms with van der Waals surface area (Å²) in [5, 5.41) is 6.00. The summed E-state index contributed by atoms with van der Waals surface area (Å²) in [6.07, 6.45) is 3.33. The van der Waals surface area contributed by atoms with Gasteiger partial charge in [0.2, 0.25) is 5.91 Å². The number of nitrogens with zero attached hydrogens (tertiary/aromatic N) is 1. The molecule has 1 aliphatic heterocycles. The van der Waals surface area contributed by atoms with Gasteiger partial charge in [0.1, 0.15) is 0 Å². The molecule has 0 radical (unpaired) electrons. The van der Waals surface area contributed by atoms with Crippen molar-refractivity contribution in [1.29, 1.82) is 0 Å². The molecule has 0 spiro atoms. The van der Waals surface area contributed by atoms with E-state index < -0.39 is 0 Å². The first-order valence-electron chi connectivity index (χ1n) is 9.34. The predicted octanol–water partition coefficient (Wildman–Crippen LogP) is 1.94. The number of hydrogen-bond acceptors (Lipinski definition) is 3. The van der Waals surface area contributed by atoms with E-state index in [4.69, 9.17) is 5.73 Å². The number of likely N-dealkylation sites (tertiary alicyclic amines) is 1. The lowest BCUT2D eigenvalue weighted by Crippen LogP contribution is -2.47. The Labute approximate surface area is 146 Å². The topological polar surface area (TPSA) is 87.5 Å². The first-order valence-corrected chi connectivity index (χ1v) is 9.34. The van der Waals surface area contributed by atoms with Gasteiger partial charge >= 0.3 is 6.03 Å². The van der Waals surface area contributed by atoms with Gasteiger partial charge in [-0.3, -0.25) is 4.79 Å². The molecule has 1 heterocycles. The van der Waals surface area contributed by atoms with Crippen molar-refractivity contribution in [2.75, 3.05) is 26.2 Å². The zero-order valence-corrected chi connectivity index (χ0v) is 15.8. The number of nitrogens with one attached hydrogen (secondary N) is 2. The molecule has 24 heavy (non-hydrogen) atoms. The van der Waals surface area contributed by atoms with Crippen LogP contribution in [0.2, 0.25) is 0 Å². The van der Waals surface area contributed by atoms with E-state index in [2.05, 4.69) is 38.3 Å². The largest absolute Gasteiger partial charge is 0.352 e. The second-order valence-corrected chi connectivity index (χ2v) is 7.87. The molecule has 0 saturated carbocycles. The minimum atomic E-state index is -0.00606. The molecule has 6 nitrogen and oxygen atoms in total. The second-order valence-electron chi connectivity index (χ2n) is 7.87. The molecule has 1 aliphatic rings. The van der Waals surface area contributed by atoms with Crippen LogP contribution in [0.5, 0.6) is 0 Å². The number of carbonyl (C=O) groups excluding carboxylic acids is 2. The molecular formula is C18H36N4O2. The standard InChI is InChI=1S/C18H36N4O2/c1-13(2)8-16(10-19)21-17(23)9-15-6-5-7-22(12-15)18(24)20-11-14(3)4/h13-16H,5-12,19H2,1-4H3,(H,20,24)(H,21,23). The summed E-state index contributed by atoms with van der Waals surface area (Å²) in [6.45, 7) is 11.0. The van der Waals surface area contributed by atoms with Gasteiger partial charge in [0.05, 0.1) is 0 Å². The molecule has 1 fully saturated rings. The maximum Gasteiger partial charge on any atom is 0.317 e. The van der Waals surface area contributed by atoms with Crippen LogP contribution in [0.3, 0.4) is 0 Å². The maximum atomic E-state index is 12.3. The number of carbonyl (C=O) groups is 2. The van der Waals surface area contributed by atoms with Gasteiger partial charge in [-0.1, -0.05) is 27.7 Å². The molecule has 140 valence electrons. The zero-order valence-electron chi connectivity index (χ0n) is 15.8. The number of nitrogens with two attached hydrogens (primary N) is 1. The Hall–Kier alpha value is -1.30. The molecule has 3 amide bonds. The highest BCUT2D eigenvalue weighted by molar-refractivity contribution is 5.77. The Bertz CT molecular complexity index is 398. The average molecular weight is 341 g/mol. The minimum absolute atomic E-state index is 0.00606. The van der Waals surface area contributed by atoms with E-state index in [1.807, 2.05) is 4.90 Å². The van der Waals surface area contributed by atoms with Crippen molar-refractivity contribution in [3.8, 4) is 0 Å². The summed E-state index contributed by atoms with van der Waals surface area (Å²) in [5.41, 5.74) is 5.75. The van der Waals surface area contributed by atoms with E-state index in [1.165, 1.54) is 0 Å². The Kier molecular flexibility index (Phi) is 9.11. The van der Waals surface area contributed by atoms with Gasteiger partial charge in [0.15, 0.2) is 0 Å². The molecule has 4 N–H and O–H groups in total. The van der Waals surface area contributed by atoms with Crippen LogP contribution in [-0.4, -0.2) is 49.1 Å². The molecule has 1 saturated heterocycles. The number of rotatable bonds is 8. The highest BCUT2D eigenvalue weighted by atomic mass is 16.2. The van der Waals surface area contributed by atoms with Crippen LogP contribution in [0.4, 0.5) is 4.79 Å². The van der Waals surface area contributed by atoms with Crippen molar-refractivity contribution in [2.24, 2.45) is 23.5 Å². The second kappa shape index (κ2) is 10.5. The van der Waals surface area contributed by atoms with Crippen molar-refractivity contribution >= 4 is 11.9 Å². The van der Waals surface area contributed by atoms with E-state index in [-0.39, 0.29) is 23.9 Å². The number of piperidine rings is 1. The predicted molar refractivity (Wildman–Crippen MR) is 97.6 cm³/mol. The molecule has 0 aromatic carbocycles. The van der Waals surface area contributed by atoms with Gasteiger partial charge in [-0.05, 0) is 37.0 Å². The third-order valence-electron chi connectivity index (χ3n) is 4.35. The van der Waals surface area contributed by atoms with Crippen LogP contribution in [-0.2, 0) is 4.79 Å². The average Bonchev–Trinajstić information content (AvgIpc) is 2.51. The van der Waals surface area contributed by atoms with Gasteiger partial charge in [0.25, 0.3) is 0 Å². The van der Waals surface area contributed by atoms with Crippen molar-refractivity contribution < 1.29 is 9.59 Å². The Morgan fingerprint density at radius 3 is 2.50 bits per heavy atom. The van der Waals surface area contributed by atoms with Gasteiger partial charge in [-0.2, -0.15) is 0 Å². The third kappa shape index (κ3) is 7.99. The Morgan fingerprint density at radius 2 is 1.92 bits per heavy atom. The van der Waals surface area contributed by atoms with Gasteiger partial charge in [0, 0.05) is 38.6 Å². The van der Waals surface area contributed by atoms with Crippen LogP contribution in [0.15, 0.2) is 0 Å². The first kappa shape index (κ1) is 20.7.